The molecule has 3 aromatic rings. The number of aryl methyl sites for hydroxylation is 2. The predicted octanol–water partition coefficient (Wildman–Crippen LogP) is 3.47. The Kier molecular flexibility index (Phi) is 5.59. The molecule has 9 heteroatoms. The second-order valence-electron chi connectivity index (χ2n) is 6.90. The number of nitrogens with one attached hydrogen (secondary N) is 2. The summed E-state index contributed by atoms with van der Waals surface area (Å²) in [6.45, 7) is 0. The van der Waals surface area contributed by atoms with Gasteiger partial charge in [0.05, 0.1) is 12.8 Å². The fourth-order valence-electron chi connectivity index (χ4n) is 3.50. The van der Waals surface area contributed by atoms with Crippen LogP contribution in [0, 0.1) is 0 Å². The SMILES string of the molecule is CNS(=O)(=O)c1cc(C(=O)Nc2nc(-c3ccc4c(c3)CCC4)cs2)ccc1OC. The van der Waals surface area contributed by atoms with Gasteiger partial charge in [0, 0.05) is 16.5 Å². The van der Waals surface area contributed by atoms with E-state index in [2.05, 4.69) is 33.2 Å². The van der Waals surface area contributed by atoms with Gasteiger partial charge in [-0.2, -0.15) is 0 Å². The number of ether oxygens (including phenoxy) is 1. The molecule has 1 aromatic heterocycles. The second-order valence-corrected chi connectivity index (χ2v) is 9.62. The second kappa shape index (κ2) is 8.17. The van der Waals surface area contributed by atoms with Gasteiger partial charge in [0.2, 0.25) is 10.0 Å². The van der Waals surface area contributed by atoms with Crippen LogP contribution >= 0.6 is 11.3 Å². The van der Waals surface area contributed by atoms with E-state index in [1.165, 1.54) is 61.2 Å². The quantitative estimate of drug-likeness (QED) is 0.608. The Morgan fingerprint density at radius 3 is 2.70 bits per heavy atom. The molecular formula is C21H21N3O4S2. The molecule has 4 rings (SSSR count). The van der Waals surface area contributed by atoms with Gasteiger partial charge in [-0.15, -0.1) is 11.3 Å². The van der Waals surface area contributed by atoms with E-state index in [1.807, 2.05) is 5.38 Å². The number of fused-ring (bicyclic) bond motifs is 1. The van der Waals surface area contributed by atoms with Gasteiger partial charge >= 0.3 is 0 Å². The molecule has 0 radical (unpaired) electrons. The molecule has 0 aliphatic heterocycles. The molecule has 0 unspecified atom stereocenters. The third-order valence-electron chi connectivity index (χ3n) is 5.10. The first kappa shape index (κ1) is 20.5. The van der Waals surface area contributed by atoms with Crippen LogP contribution in [0.2, 0.25) is 0 Å². The van der Waals surface area contributed by atoms with Crippen molar-refractivity contribution in [3.8, 4) is 17.0 Å². The number of carbonyl (C=O) groups is 1. The van der Waals surface area contributed by atoms with Crippen LogP contribution in [0.4, 0.5) is 5.13 Å². The first-order valence-electron chi connectivity index (χ1n) is 9.42. The number of carbonyl (C=O) groups excluding carboxylic acids is 1. The van der Waals surface area contributed by atoms with Crippen molar-refractivity contribution in [1.82, 2.24) is 9.71 Å². The first-order valence-corrected chi connectivity index (χ1v) is 11.8. The minimum atomic E-state index is -3.77. The Labute approximate surface area is 179 Å². The number of sulfonamides is 1. The van der Waals surface area contributed by atoms with Crippen molar-refractivity contribution in [3.63, 3.8) is 0 Å². The Balaban J connectivity index is 1.56. The Morgan fingerprint density at radius 1 is 1.13 bits per heavy atom. The van der Waals surface area contributed by atoms with E-state index in [4.69, 9.17) is 4.74 Å². The van der Waals surface area contributed by atoms with E-state index in [0.717, 1.165) is 24.1 Å². The maximum absolute atomic E-state index is 12.7. The lowest BCUT2D eigenvalue weighted by atomic mass is 10.1. The zero-order chi connectivity index (χ0) is 21.3. The molecule has 30 heavy (non-hydrogen) atoms. The topological polar surface area (TPSA) is 97.4 Å². The van der Waals surface area contributed by atoms with Gasteiger partial charge in [0.1, 0.15) is 10.6 Å². The molecule has 0 atom stereocenters. The largest absolute Gasteiger partial charge is 0.495 e. The number of methoxy groups -OCH3 is 1. The minimum absolute atomic E-state index is 0.0990. The molecule has 0 saturated carbocycles. The molecule has 1 aliphatic carbocycles. The highest BCUT2D eigenvalue weighted by molar-refractivity contribution is 7.89. The van der Waals surface area contributed by atoms with Crippen LogP contribution in [0.3, 0.4) is 0 Å². The normalized spacial score (nSPS) is 13.1. The smallest absolute Gasteiger partial charge is 0.257 e. The first-order chi connectivity index (χ1) is 14.4. The lowest BCUT2D eigenvalue weighted by Crippen LogP contribution is -2.20. The molecule has 7 nitrogen and oxygen atoms in total. The van der Waals surface area contributed by atoms with E-state index < -0.39 is 15.9 Å². The van der Waals surface area contributed by atoms with Crippen molar-refractivity contribution >= 4 is 32.4 Å². The fraction of sp³-hybridized carbons (Fsp3) is 0.238. The average Bonchev–Trinajstić information content (AvgIpc) is 3.42. The Morgan fingerprint density at radius 2 is 1.93 bits per heavy atom. The minimum Gasteiger partial charge on any atom is -0.495 e. The molecule has 1 heterocycles. The van der Waals surface area contributed by atoms with Crippen molar-refractivity contribution in [2.24, 2.45) is 0 Å². The van der Waals surface area contributed by atoms with E-state index in [1.54, 1.807) is 0 Å². The molecule has 1 amide bonds. The highest BCUT2D eigenvalue weighted by Gasteiger charge is 2.21. The van der Waals surface area contributed by atoms with Crippen LogP contribution < -0.4 is 14.8 Å². The average molecular weight is 444 g/mol. The number of hydrogen-bond donors (Lipinski definition) is 2. The lowest BCUT2D eigenvalue weighted by Gasteiger charge is -2.10. The van der Waals surface area contributed by atoms with Crippen molar-refractivity contribution in [2.45, 2.75) is 24.2 Å². The van der Waals surface area contributed by atoms with Crippen LogP contribution in [0.15, 0.2) is 46.7 Å². The molecule has 156 valence electrons. The van der Waals surface area contributed by atoms with Crippen LogP contribution in [0.5, 0.6) is 5.75 Å². The summed E-state index contributed by atoms with van der Waals surface area (Å²) in [4.78, 5) is 17.1. The Hall–Kier alpha value is -2.75. The van der Waals surface area contributed by atoms with Gasteiger partial charge in [-0.25, -0.2) is 18.1 Å². The number of anilines is 1. The van der Waals surface area contributed by atoms with Crippen LogP contribution in [0.1, 0.15) is 27.9 Å². The molecule has 0 spiro atoms. The maximum Gasteiger partial charge on any atom is 0.257 e. The summed E-state index contributed by atoms with van der Waals surface area (Å²) >= 11 is 1.32. The molecule has 0 bridgehead atoms. The lowest BCUT2D eigenvalue weighted by molar-refractivity contribution is 0.102. The summed E-state index contributed by atoms with van der Waals surface area (Å²) in [6.07, 6.45) is 3.40. The maximum atomic E-state index is 12.7. The third-order valence-corrected chi connectivity index (χ3v) is 7.30. The van der Waals surface area contributed by atoms with Crippen molar-refractivity contribution < 1.29 is 17.9 Å². The van der Waals surface area contributed by atoms with E-state index >= 15 is 0 Å². The summed E-state index contributed by atoms with van der Waals surface area (Å²) in [5.74, 6) is -0.283. The summed E-state index contributed by atoms with van der Waals surface area (Å²) in [5, 5.41) is 5.10. The highest BCUT2D eigenvalue weighted by Crippen LogP contribution is 2.30. The van der Waals surface area contributed by atoms with Gasteiger partial charge in [0.25, 0.3) is 5.91 Å². The summed E-state index contributed by atoms with van der Waals surface area (Å²) in [7, 11) is -1.10. The zero-order valence-electron chi connectivity index (χ0n) is 16.6. The van der Waals surface area contributed by atoms with Gasteiger partial charge in [0.15, 0.2) is 5.13 Å². The van der Waals surface area contributed by atoms with Crippen molar-refractivity contribution in [2.75, 3.05) is 19.5 Å². The molecule has 0 fully saturated rings. The number of amides is 1. The monoisotopic (exact) mass is 443 g/mol. The highest BCUT2D eigenvalue weighted by atomic mass is 32.2. The van der Waals surface area contributed by atoms with Gasteiger partial charge in [-0.05, 0) is 61.7 Å². The van der Waals surface area contributed by atoms with Crippen molar-refractivity contribution in [1.29, 1.82) is 0 Å². The molecule has 2 N–H and O–H groups in total. The summed E-state index contributed by atoms with van der Waals surface area (Å²) in [5.41, 5.74) is 4.79. The van der Waals surface area contributed by atoms with Crippen molar-refractivity contribution in [3.05, 3.63) is 58.5 Å². The molecule has 0 saturated heterocycles. The third kappa shape index (κ3) is 3.96. The van der Waals surface area contributed by atoms with E-state index in [9.17, 15) is 13.2 Å². The van der Waals surface area contributed by atoms with Crippen LogP contribution in [-0.2, 0) is 22.9 Å². The number of rotatable bonds is 6. The van der Waals surface area contributed by atoms with Crippen LogP contribution in [-0.4, -0.2) is 33.5 Å². The van der Waals surface area contributed by atoms with Crippen LogP contribution in [0.25, 0.3) is 11.3 Å². The standard InChI is InChI=1S/C21H21N3O4S2/c1-22-30(26,27)19-11-16(8-9-18(19)28-2)20(25)24-21-23-17(12-29-21)15-7-6-13-4-3-5-14(13)10-15/h6-12,22H,3-5H2,1-2H3,(H,23,24,25). The number of aromatic nitrogens is 1. The number of thiazole rings is 1. The van der Waals surface area contributed by atoms with Gasteiger partial charge in [-0.1, -0.05) is 12.1 Å². The predicted molar refractivity (Wildman–Crippen MR) is 117 cm³/mol. The molecule has 2 aromatic carbocycles. The van der Waals surface area contributed by atoms with Gasteiger partial charge in [-0.3, -0.25) is 10.1 Å². The van der Waals surface area contributed by atoms with Gasteiger partial charge < -0.3 is 4.74 Å². The zero-order valence-corrected chi connectivity index (χ0v) is 18.2. The van der Waals surface area contributed by atoms with E-state index in [0.29, 0.717) is 5.13 Å². The number of hydrogen-bond acceptors (Lipinski definition) is 6. The molecular weight excluding hydrogens is 422 g/mol. The summed E-state index contributed by atoms with van der Waals surface area (Å²) in [6, 6.07) is 10.6. The Bertz CT molecular complexity index is 1220. The fourth-order valence-corrected chi connectivity index (χ4v) is 5.14. The number of benzene rings is 2. The molecule has 1 aliphatic rings. The summed E-state index contributed by atoms with van der Waals surface area (Å²) < 4.78 is 31.8. The van der Waals surface area contributed by atoms with E-state index in [-0.39, 0.29) is 16.2 Å². The number of nitrogens with zero attached hydrogens (tertiary/aromatic N) is 1.